The third-order valence-corrected chi connectivity index (χ3v) is 5.65. The zero-order valence-corrected chi connectivity index (χ0v) is 14.5. The van der Waals surface area contributed by atoms with E-state index in [9.17, 15) is 4.79 Å². The Bertz CT molecular complexity index is 972. The molecule has 5 rings (SSSR count). The van der Waals surface area contributed by atoms with Crippen molar-refractivity contribution in [3.05, 3.63) is 78.9 Å². The van der Waals surface area contributed by atoms with E-state index in [1.54, 1.807) is 4.68 Å². The number of hydrogen-bond donors (Lipinski definition) is 0. The number of nitrogens with zero attached hydrogens (tertiary/aromatic N) is 2. The summed E-state index contributed by atoms with van der Waals surface area (Å²) >= 11 is 0. The predicted octanol–water partition coefficient (Wildman–Crippen LogP) is 5.07. The van der Waals surface area contributed by atoms with Gasteiger partial charge in [-0.2, -0.15) is 9.78 Å². The summed E-state index contributed by atoms with van der Waals surface area (Å²) in [6, 6.07) is 22.2. The van der Waals surface area contributed by atoms with Crippen molar-refractivity contribution in [2.24, 2.45) is 17.8 Å². The summed E-state index contributed by atoms with van der Waals surface area (Å²) in [6.45, 7) is 0. The summed E-state index contributed by atoms with van der Waals surface area (Å²) in [5, 5.41) is 4.73. The predicted molar refractivity (Wildman–Crippen MR) is 103 cm³/mol. The fourth-order valence-electron chi connectivity index (χ4n) is 4.34. The smallest absolute Gasteiger partial charge is 0.251 e. The van der Waals surface area contributed by atoms with Crippen LogP contribution in [0, 0.1) is 17.8 Å². The first kappa shape index (κ1) is 15.3. The highest BCUT2D eigenvalue weighted by atomic mass is 16.2. The number of carbonyl (C=O) groups is 1. The van der Waals surface area contributed by atoms with Crippen LogP contribution in [0.3, 0.4) is 0 Å². The second-order valence-corrected chi connectivity index (χ2v) is 7.28. The van der Waals surface area contributed by atoms with Crippen LogP contribution in [0.5, 0.6) is 0 Å². The molecule has 2 aliphatic carbocycles. The van der Waals surface area contributed by atoms with Gasteiger partial charge in [0.25, 0.3) is 5.91 Å². The van der Waals surface area contributed by atoms with Crippen molar-refractivity contribution in [3.63, 3.8) is 0 Å². The molecule has 0 radical (unpaired) electrons. The Morgan fingerprint density at radius 3 is 2.19 bits per heavy atom. The lowest BCUT2D eigenvalue weighted by molar-refractivity contribution is 0.0799. The number of allylic oxidation sites excluding steroid dienone is 2. The van der Waals surface area contributed by atoms with Crippen LogP contribution in [0.15, 0.2) is 78.9 Å². The molecule has 3 atom stereocenters. The molecule has 3 heteroatoms. The lowest BCUT2D eigenvalue weighted by Crippen LogP contribution is -2.26. The lowest BCUT2D eigenvalue weighted by Gasteiger charge is -2.17. The summed E-state index contributed by atoms with van der Waals surface area (Å²) in [4.78, 5) is 13.3. The minimum absolute atomic E-state index is 0.0518. The van der Waals surface area contributed by atoms with Gasteiger partial charge in [-0.15, -0.1) is 0 Å². The minimum atomic E-state index is 0.0518. The van der Waals surface area contributed by atoms with E-state index < -0.39 is 0 Å². The van der Waals surface area contributed by atoms with Crippen LogP contribution in [0.1, 0.15) is 17.6 Å². The second-order valence-electron chi connectivity index (χ2n) is 7.28. The van der Waals surface area contributed by atoms with E-state index in [1.807, 2.05) is 66.7 Å². The van der Waals surface area contributed by atoms with Crippen LogP contribution in [-0.2, 0) is 0 Å². The van der Waals surface area contributed by atoms with Gasteiger partial charge in [0.1, 0.15) is 0 Å². The maximum absolute atomic E-state index is 13.3. The first-order valence-corrected chi connectivity index (χ1v) is 9.23. The van der Waals surface area contributed by atoms with Crippen LogP contribution < -0.4 is 0 Å². The van der Waals surface area contributed by atoms with Gasteiger partial charge in [-0.3, -0.25) is 4.79 Å². The van der Waals surface area contributed by atoms with Crippen molar-refractivity contribution in [2.75, 3.05) is 0 Å². The fraction of sp³-hybridized carbons (Fsp3) is 0.217. The normalized spacial score (nSPS) is 23.5. The number of aromatic nitrogens is 2. The third-order valence-electron chi connectivity index (χ3n) is 5.65. The van der Waals surface area contributed by atoms with Crippen molar-refractivity contribution < 1.29 is 4.79 Å². The quantitative estimate of drug-likeness (QED) is 0.624. The lowest BCUT2D eigenvalue weighted by atomic mass is 9.93. The number of carbonyl (C=O) groups excluding carboxylic acids is 1. The van der Waals surface area contributed by atoms with Crippen molar-refractivity contribution in [2.45, 2.75) is 12.8 Å². The van der Waals surface area contributed by atoms with Crippen LogP contribution in [0.4, 0.5) is 0 Å². The van der Waals surface area contributed by atoms with Crippen LogP contribution in [0.25, 0.3) is 22.5 Å². The van der Waals surface area contributed by atoms with E-state index in [4.69, 9.17) is 5.10 Å². The van der Waals surface area contributed by atoms with Crippen LogP contribution >= 0.6 is 0 Å². The van der Waals surface area contributed by atoms with Crippen molar-refractivity contribution in [3.8, 4) is 22.5 Å². The standard InChI is InChI=1S/C23H20N2O/c26-23(20-14-16-11-12-19(20)13-16)25-22(18-9-5-2-6-10-18)15-21(24-25)17-7-3-1-4-8-17/h1-12,15-16,19-20H,13-14H2. The molecular formula is C23H20N2O. The summed E-state index contributed by atoms with van der Waals surface area (Å²) in [5.74, 6) is 1.12. The Kier molecular flexibility index (Phi) is 3.59. The molecule has 1 heterocycles. The van der Waals surface area contributed by atoms with Gasteiger partial charge in [-0.25, -0.2) is 0 Å². The first-order valence-electron chi connectivity index (χ1n) is 9.23. The summed E-state index contributed by atoms with van der Waals surface area (Å²) in [6.07, 6.45) is 6.56. The van der Waals surface area contributed by atoms with E-state index in [-0.39, 0.29) is 11.8 Å². The molecule has 128 valence electrons. The molecule has 0 spiro atoms. The Labute approximate surface area is 153 Å². The average molecular weight is 340 g/mol. The molecule has 0 N–H and O–H groups in total. The summed E-state index contributed by atoms with van der Waals surface area (Å²) < 4.78 is 1.65. The molecule has 0 amide bonds. The molecule has 0 aliphatic heterocycles. The zero-order valence-electron chi connectivity index (χ0n) is 14.5. The SMILES string of the molecule is O=C(C1CC2C=CC1C2)n1nc(-c2ccccc2)cc1-c1ccccc1. The van der Waals surface area contributed by atoms with Gasteiger partial charge in [0.15, 0.2) is 0 Å². The molecular weight excluding hydrogens is 320 g/mol. The monoisotopic (exact) mass is 340 g/mol. The number of fused-ring (bicyclic) bond motifs is 2. The molecule has 1 aromatic heterocycles. The van der Waals surface area contributed by atoms with Gasteiger partial charge in [-0.1, -0.05) is 72.8 Å². The molecule has 3 unspecified atom stereocenters. The zero-order chi connectivity index (χ0) is 17.5. The molecule has 2 aromatic carbocycles. The highest BCUT2D eigenvalue weighted by molar-refractivity contribution is 5.87. The molecule has 3 nitrogen and oxygen atoms in total. The molecule has 3 aromatic rings. The van der Waals surface area contributed by atoms with Gasteiger partial charge < -0.3 is 0 Å². The van der Waals surface area contributed by atoms with Crippen molar-refractivity contribution in [1.29, 1.82) is 0 Å². The number of hydrogen-bond acceptors (Lipinski definition) is 2. The van der Waals surface area contributed by atoms with E-state index in [0.717, 1.165) is 35.4 Å². The second kappa shape index (κ2) is 6.10. The fourth-order valence-corrected chi connectivity index (χ4v) is 4.34. The molecule has 2 bridgehead atoms. The first-order chi connectivity index (χ1) is 12.8. The van der Waals surface area contributed by atoms with Gasteiger partial charge in [0.05, 0.1) is 11.4 Å². The molecule has 1 saturated carbocycles. The van der Waals surface area contributed by atoms with Gasteiger partial charge in [0, 0.05) is 17.0 Å². The maximum atomic E-state index is 13.3. The highest BCUT2D eigenvalue weighted by Gasteiger charge is 2.41. The van der Waals surface area contributed by atoms with Gasteiger partial charge >= 0.3 is 0 Å². The van der Waals surface area contributed by atoms with Crippen molar-refractivity contribution in [1.82, 2.24) is 9.78 Å². The van der Waals surface area contributed by atoms with E-state index in [1.165, 1.54) is 0 Å². The Morgan fingerprint density at radius 1 is 0.885 bits per heavy atom. The topological polar surface area (TPSA) is 34.9 Å². The van der Waals surface area contributed by atoms with E-state index in [2.05, 4.69) is 12.2 Å². The maximum Gasteiger partial charge on any atom is 0.251 e. The van der Waals surface area contributed by atoms with E-state index in [0.29, 0.717) is 11.8 Å². The van der Waals surface area contributed by atoms with Gasteiger partial charge in [0.2, 0.25) is 0 Å². The Morgan fingerprint density at radius 2 is 1.58 bits per heavy atom. The molecule has 2 aliphatic rings. The summed E-state index contributed by atoms with van der Waals surface area (Å²) in [7, 11) is 0. The van der Waals surface area contributed by atoms with Crippen LogP contribution in [0.2, 0.25) is 0 Å². The highest BCUT2D eigenvalue weighted by Crippen LogP contribution is 2.44. The minimum Gasteiger partial charge on any atom is -0.272 e. The molecule has 1 fully saturated rings. The Balaban J connectivity index is 1.60. The number of benzene rings is 2. The Hall–Kier alpha value is -2.94. The van der Waals surface area contributed by atoms with Crippen LogP contribution in [-0.4, -0.2) is 15.7 Å². The average Bonchev–Trinajstić information content (AvgIpc) is 3.44. The van der Waals surface area contributed by atoms with E-state index >= 15 is 0 Å². The largest absolute Gasteiger partial charge is 0.272 e. The number of rotatable bonds is 3. The molecule has 0 saturated heterocycles. The van der Waals surface area contributed by atoms with Crippen molar-refractivity contribution >= 4 is 5.91 Å². The van der Waals surface area contributed by atoms with Gasteiger partial charge in [-0.05, 0) is 30.7 Å². The molecule has 26 heavy (non-hydrogen) atoms. The third kappa shape index (κ3) is 2.51. The summed E-state index contributed by atoms with van der Waals surface area (Å²) in [5.41, 5.74) is 3.77.